The first-order chi connectivity index (χ1) is 14.4. The topological polar surface area (TPSA) is 67.2 Å². The minimum atomic E-state index is -0.212. The largest absolute Gasteiger partial charge is 0.348 e. The second-order valence-corrected chi connectivity index (χ2v) is 8.78. The van der Waals surface area contributed by atoms with Crippen molar-refractivity contribution in [2.45, 2.75) is 51.6 Å². The molecule has 162 valence electrons. The van der Waals surface area contributed by atoms with E-state index in [1.54, 1.807) is 6.07 Å². The van der Waals surface area contributed by atoms with Crippen LogP contribution in [-0.4, -0.2) is 45.7 Å². The Bertz CT molecular complexity index is 972. The first-order valence-electron chi connectivity index (χ1n) is 10.5. The molecule has 1 aromatic heterocycles. The fraction of sp³-hybridized carbons (Fsp3) is 0.500. The van der Waals surface area contributed by atoms with Crippen LogP contribution in [0.15, 0.2) is 28.0 Å². The monoisotopic (exact) mass is 448 g/mol. The van der Waals surface area contributed by atoms with Crippen LogP contribution in [0.4, 0.5) is 5.69 Å². The van der Waals surface area contributed by atoms with Gasteiger partial charge in [0.15, 0.2) is 0 Å². The van der Waals surface area contributed by atoms with E-state index in [1.165, 1.54) is 11.8 Å². The molecule has 0 spiro atoms. The number of carbonyl (C=O) groups excluding carboxylic acids is 1. The summed E-state index contributed by atoms with van der Waals surface area (Å²) in [5.74, 6) is 0.0681. The predicted molar refractivity (Wildman–Crippen MR) is 124 cm³/mol. The van der Waals surface area contributed by atoms with Gasteiger partial charge < -0.3 is 10.2 Å². The maximum Gasteiger partial charge on any atom is 0.348 e. The molecule has 1 aromatic carbocycles. The Hall–Kier alpha value is -1.83. The molecule has 1 amide bonds. The van der Waals surface area contributed by atoms with Crippen molar-refractivity contribution in [1.82, 2.24) is 14.5 Å². The highest BCUT2D eigenvalue weighted by Gasteiger charge is 2.22. The quantitative estimate of drug-likeness (QED) is 0.467. The number of amides is 1. The highest BCUT2D eigenvalue weighted by atomic mass is 35.5. The van der Waals surface area contributed by atoms with Gasteiger partial charge in [0, 0.05) is 35.1 Å². The SMILES string of the molecule is CCN(CC)CCn1c2c(c(SCC(=O)Nc3cccc(Cl)c3C)nc1=O)CCC2. The van der Waals surface area contributed by atoms with Crippen molar-refractivity contribution in [2.24, 2.45) is 0 Å². The number of benzene rings is 1. The van der Waals surface area contributed by atoms with Gasteiger partial charge in [-0.25, -0.2) is 4.79 Å². The van der Waals surface area contributed by atoms with Crippen LogP contribution < -0.4 is 11.0 Å². The Labute approximate surface area is 187 Å². The summed E-state index contributed by atoms with van der Waals surface area (Å²) in [5, 5.41) is 4.22. The molecule has 1 aliphatic rings. The Kier molecular flexibility index (Phi) is 7.97. The molecule has 6 nitrogen and oxygen atoms in total. The van der Waals surface area contributed by atoms with Crippen LogP contribution in [0, 0.1) is 6.92 Å². The minimum absolute atomic E-state index is 0.135. The normalized spacial score (nSPS) is 13.0. The highest BCUT2D eigenvalue weighted by molar-refractivity contribution is 8.00. The number of aromatic nitrogens is 2. The molecule has 0 radical (unpaired) electrons. The molecule has 0 fully saturated rings. The average Bonchev–Trinajstić information content (AvgIpc) is 3.22. The number of thioether (sulfide) groups is 1. The highest BCUT2D eigenvalue weighted by Crippen LogP contribution is 2.29. The van der Waals surface area contributed by atoms with Gasteiger partial charge in [0.05, 0.1) is 5.75 Å². The van der Waals surface area contributed by atoms with Gasteiger partial charge in [-0.3, -0.25) is 9.36 Å². The van der Waals surface area contributed by atoms with Crippen molar-refractivity contribution in [3.63, 3.8) is 0 Å². The summed E-state index contributed by atoms with van der Waals surface area (Å²) >= 11 is 7.46. The third-order valence-electron chi connectivity index (χ3n) is 5.62. The van der Waals surface area contributed by atoms with Gasteiger partial charge in [-0.15, -0.1) is 0 Å². The molecule has 0 saturated carbocycles. The number of hydrogen-bond acceptors (Lipinski definition) is 5. The Morgan fingerprint density at radius 3 is 2.80 bits per heavy atom. The number of rotatable bonds is 9. The zero-order valence-electron chi connectivity index (χ0n) is 17.8. The van der Waals surface area contributed by atoms with E-state index >= 15 is 0 Å². The summed E-state index contributed by atoms with van der Waals surface area (Å²) in [7, 11) is 0. The molecule has 0 aliphatic heterocycles. The second-order valence-electron chi connectivity index (χ2n) is 7.41. The van der Waals surface area contributed by atoms with Gasteiger partial charge in [-0.1, -0.05) is 43.3 Å². The molecule has 30 heavy (non-hydrogen) atoms. The number of nitrogens with one attached hydrogen (secondary N) is 1. The minimum Gasteiger partial charge on any atom is -0.325 e. The summed E-state index contributed by atoms with van der Waals surface area (Å²) in [6.07, 6.45) is 2.82. The lowest BCUT2D eigenvalue weighted by molar-refractivity contribution is -0.113. The maximum absolute atomic E-state index is 12.7. The van der Waals surface area contributed by atoms with Crippen LogP contribution in [0.2, 0.25) is 5.02 Å². The predicted octanol–water partition coefficient (Wildman–Crippen LogP) is 3.77. The number of halogens is 1. The second kappa shape index (κ2) is 10.5. The van der Waals surface area contributed by atoms with Gasteiger partial charge in [0.25, 0.3) is 0 Å². The van der Waals surface area contributed by atoms with Crippen molar-refractivity contribution in [1.29, 1.82) is 0 Å². The molecule has 1 aliphatic carbocycles. The standard InChI is InChI=1S/C22H29ClN4O2S/c1-4-26(5-2)12-13-27-19-11-6-8-16(19)21(25-22(27)29)30-14-20(28)24-18-10-7-9-17(23)15(18)3/h7,9-10H,4-6,8,11-14H2,1-3H3,(H,24,28). The van der Waals surface area contributed by atoms with Gasteiger partial charge in [0.2, 0.25) is 5.91 Å². The van der Waals surface area contributed by atoms with E-state index < -0.39 is 0 Å². The molecule has 3 rings (SSSR count). The fourth-order valence-electron chi connectivity index (χ4n) is 3.78. The number of fused-ring (bicyclic) bond motifs is 1. The summed E-state index contributed by atoms with van der Waals surface area (Å²) in [6.45, 7) is 9.57. The van der Waals surface area contributed by atoms with E-state index in [-0.39, 0.29) is 17.3 Å². The third kappa shape index (κ3) is 5.25. The molecule has 8 heteroatoms. The number of anilines is 1. The first kappa shape index (κ1) is 22.8. The number of nitrogens with zero attached hydrogens (tertiary/aromatic N) is 3. The summed E-state index contributed by atoms with van der Waals surface area (Å²) in [4.78, 5) is 31.8. The van der Waals surface area contributed by atoms with E-state index in [4.69, 9.17) is 11.6 Å². The van der Waals surface area contributed by atoms with E-state index in [1.807, 2.05) is 23.6 Å². The number of likely N-dealkylation sites (N-methyl/N-ethyl adjacent to an activating group) is 1. The summed E-state index contributed by atoms with van der Waals surface area (Å²) < 4.78 is 1.83. The van der Waals surface area contributed by atoms with Crippen molar-refractivity contribution < 1.29 is 4.79 Å². The van der Waals surface area contributed by atoms with E-state index in [9.17, 15) is 9.59 Å². The zero-order valence-corrected chi connectivity index (χ0v) is 19.4. The third-order valence-corrected chi connectivity index (χ3v) is 7.04. The number of carbonyl (C=O) groups is 1. The van der Waals surface area contributed by atoms with Crippen LogP contribution in [0.1, 0.15) is 37.1 Å². The van der Waals surface area contributed by atoms with Crippen molar-refractivity contribution in [3.8, 4) is 0 Å². The molecule has 1 N–H and O–H groups in total. The zero-order chi connectivity index (χ0) is 21.7. The molecular formula is C22H29ClN4O2S. The van der Waals surface area contributed by atoms with E-state index in [0.717, 1.165) is 55.7 Å². The molecule has 2 aromatic rings. The van der Waals surface area contributed by atoms with Crippen molar-refractivity contribution >= 4 is 35.0 Å². The molecule has 0 unspecified atom stereocenters. The smallest absolute Gasteiger partial charge is 0.325 e. The molecule has 0 atom stereocenters. The van der Waals surface area contributed by atoms with Crippen LogP contribution in [0.5, 0.6) is 0 Å². The van der Waals surface area contributed by atoms with Gasteiger partial charge >= 0.3 is 5.69 Å². The molecular weight excluding hydrogens is 420 g/mol. The maximum atomic E-state index is 12.7. The van der Waals surface area contributed by atoms with Crippen LogP contribution in [-0.2, 0) is 24.2 Å². The van der Waals surface area contributed by atoms with E-state index in [0.29, 0.717) is 22.3 Å². The Morgan fingerprint density at radius 1 is 1.30 bits per heavy atom. The number of hydrogen-bond donors (Lipinski definition) is 1. The van der Waals surface area contributed by atoms with Gasteiger partial charge in [-0.2, -0.15) is 4.98 Å². The lowest BCUT2D eigenvalue weighted by Gasteiger charge is -2.20. The van der Waals surface area contributed by atoms with Gasteiger partial charge in [0.1, 0.15) is 5.03 Å². The fourth-order valence-corrected chi connectivity index (χ4v) is 4.83. The van der Waals surface area contributed by atoms with Gasteiger partial charge in [-0.05, 0) is 57.0 Å². The van der Waals surface area contributed by atoms with Crippen LogP contribution >= 0.6 is 23.4 Å². The first-order valence-corrected chi connectivity index (χ1v) is 11.8. The molecule has 1 heterocycles. The molecule has 0 saturated heterocycles. The van der Waals surface area contributed by atoms with Crippen LogP contribution in [0.3, 0.4) is 0 Å². The van der Waals surface area contributed by atoms with Crippen molar-refractivity contribution in [3.05, 3.63) is 50.5 Å². The summed E-state index contributed by atoms with van der Waals surface area (Å²) in [5.41, 5.74) is 3.56. The lowest BCUT2D eigenvalue weighted by Crippen LogP contribution is -2.34. The van der Waals surface area contributed by atoms with Crippen LogP contribution in [0.25, 0.3) is 0 Å². The lowest BCUT2D eigenvalue weighted by atomic mass is 10.2. The molecule has 0 bridgehead atoms. The van der Waals surface area contributed by atoms with Crippen molar-refractivity contribution in [2.75, 3.05) is 30.7 Å². The average molecular weight is 449 g/mol. The Morgan fingerprint density at radius 2 is 2.07 bits per heavy atom. The summed E-state index contributed by atoms with van der Waals surface area (Å²) in [6, 6.07) is 5.44. The Balaban J connectivity index is 1.70. The van der Waals surface area contributed by atoms with E-state index in [2.05, 4.69) is 29.0 Å².